The van der Waals surface area contributed by atoms with Crippen LogP contribution >= 0.6 is 0 Å². The first-order valence-corrected chi connectivity index (χ1v) is 9.48. The topological polar surface area (TPSA) is 65.4 Å². The SMILES string of the molecule is CC(Nc1ccc(Oc2ccc(C#N)cc2)cc1)C(=O)N(C)Cc1cccc(F)c1. The Hall–Kier alpha value is -3.85. The number of nitrogens with zero attached hydrogens (tertiary/aromatic N) is 2. The molecule has 0 aliphatic rings. The molecule has 0 bridgehead atoms. The minimum atomic E-state index is -0.450. The van der Waals surface area contributed by atoms with Crippen molar-refractivity contribution in [1.29, 1.82) is 5.26 Å². The Bertz CT molecular complexity index is 1040. The summed E-state index contributed by atoms with van der Waals surface area (Å²) in [6.07, 6.45) is 0. The van der Waals surface area contributed by atoms with Crippen LogP contribution in [0.2, 0.25) is 0 Å². The summed E-state index contributed by atoms with van der Waals surface area (Å²) in [5.41, 5.74) is 2.09. The smallest absolute Gasteiger partial charge is 0.244 e. The van der Waals surface area contributed by atoms with Crippen LogP contribution in [0.1, 0.15) is 18.1 Å². The third-order valence-corrected chi connectivity index (χ3v) is 4.51. The maximum atomic E-state index is 13.3. The molecule has 0 saturated heterocycles. The molecule has 0 heterocycles. The van der Waals surface area contributed by atoms with Gasteiger partial charge in [0, 0.05) is 19.3 Å². The van der Waals surface area contributed by atoms with E-state index < -0.39 is 6.04 Å². The third kappa shape index (κ3) is 5.58. The molecule has 5 nitrogen and oxygen atoms in total. The number of rotatable bonds is 7. The number of nitrogens with one attached hydrogen (secondary N) is 1. The van der Waals surface area contributed by atoms with E-state index in [0.717, 1.165) is 11.3 Å². The van der Waals surface area contributed by atoms with Gasteiger partial charge in [-0.25, -0.2) is 4.39 Å². The van der Waals surface area contributed by atoms with Crippen molar-refractivity contribution in [3.63, 3.8) is 0 Å². The summed E-state index contributed by atoms with van der Waals surface area (Å²) in [6.45, 7) is 2.12. The van der Waals surface area contributed by atoms with Crippen LogP contribution in [0.15, 0.2) is 72.8 Å². The highest BCUT2D eigenvalue weighted by atomic mass is 19.1. The van der Waals surface area contributed by atoms with Gasteiger partial charge in [0.25, 0.3) is 0 Å². The zero-order valence-corrected chi connectivity index (χ0v) is 16.8. The van der Waals surface area contributed by atoms with Crippen LogP contribution in [-0.4, -0.2) is 23.9 Å². The van der Waals surface area contributed by atoms with Gasteiger partial charge in [-0.2, -0.15) is 5.26 Å². The van der Waals surface area contributed by atoms with Crippen LogP contribution in [0.3, 0.4) is 0 Å². The van der Waals surface area contributed by atoms with Crippen LogP contribution in [0.4, 0.5) is 10.1 Å². The highest BCUT2D eigenvalue weighted by Gasteiger charge is 2.17. The molecular formula is C24H22FN3O2. The predicted octanol–water partition coefficient (Wildman–Crippen LogP) is 4.95. The number of nitriles is 1. The normalized spacial score (nSPS) is 11.3. The Morgan fingerprint density at radius 1 is 1.10 bits per heavy atom. The quantitative estimate of drug-likeness (QED) is 0.606. The molecule has 0 aliphatic carbocycles. The first-order valence-electron chi connectivity index (χ1n) is 9.48. The predicted molar refractivity (Wildman–Crippen MR) is 114 cm³/mol. The van der Waals surface area contributed by atoms with Crippen molar-refractivity contribution in [3.05, 3.63) is 89.7 Å². The van der Waals surface area contributed by atoms with Gasteiger partial charge < -0.3 is 15.0 Å². The summed E-state index contributed by atoms with van der Waals surface area (Å²) in [6, 6.07) is 22.0. The van der Waals surface area contributed by atoms with Gasteiger partial charge in [0.15, 0.2) is 0 Å². The van der Waals surface area contributed by atoms with Crippen LogP contribution in [0, 0.1) is 17.1 Å². The van der Waals surface area contributed by atoms with Crippen LogP contribution in [0.5, 0.6) is 11.5 Å². The van der Waals surface area contributed by atoms with E-state index in [9.17, 15) is 9.18 Å². The largest absolute Gasteiger partial charge is 0.457 e. The molecule has 1 N–H and O–H groups in total. The number of halogens is 1. The highest BCUT2D eigenvalue weighted by Crippen LogP contribution is 2.23. The van der Waals surface area contributed by atoms with Crippen molar-refractivity contribution in [2.45, 2.75) is 19.5 Å². The third-order valence-electron chi connectivity index (χ3n) is 4.51. The summed E-state index contributed by atoms with van der Waals surface area (Å²) < 4.78 is 19.1. The molecule has 0 saturated carbocycles. The number of hydrogen-bond donors (Lipinski definition) is 1. The van der Waals surface area contributed by atoms with Gasteiger partial charge in [0.2, 0.25) is 5.91 Å². The molecule has 3 rings (SSSR count). The molecule has 0 aliphatic heterocycles. The number of hydrogen-bond acceptors (Lipinski definition) is 4. The van der Waals surface area contributed by atoms with Crippen molar-refractivity contribution in [1.82, 2.24) is 4.90 Å². The van der Waals surface area contributed by atoms with E-state index >= 15 is 0 Å². The van der Waals surface area contributed by atoms with E-state index in [-0.39, 0.29) is 11.7 Å². The number of amides is 1. The van der Waals surface area contributed by atoms with Gasteiger partial charge in [0.05, 0.1) is 11.6 Å². The Balaban J connectivity index is 1.55. The number of carbonyl (C=O) groups excluding carboxylic acids is 1. The lowest BCUT2D eigenvalue weighted by molar-refractivity contribution is -0.130. The second-order valence-electron chi connectivity index (χ2n) is 6.95. The Kier molecular flexibility index (Phi) is 6.66. The lowest BCUT2D eigenvalue weighted by Gasteiger charge is -2.23. The second kappa shape index (κ2) is 9.57. The van der Waals surface area contributed by atoms with E-state index in [1.807, 2.05) is 12.1 Å². The lowest BCUT2D eigenvalue weighted by Crippen LogP contribution is -2.38. The highest BCUT2D eigenvalue weighted by molar-refractivity contribution is 5.84. The fraction of sp³-hybridized carbons (Fsp3) is 0.167. The van der Waals surface area contributed by atoms with E-state index in [2.05, 4.69) is 11.4 Å². The first-order chi connectivity index (χ1) is 14.4. The van der Waals surface area contributed by atoms with Gasteiger partial charge in [-0.1, -0.05) is 12.1 Å². The van der Waals surface area contributed by atoms with E-state index in [0.29, 0.717) is 23.6 Å². The molecule has 1 amide bonds. The summed E-state index contributed by atoms with van der Waals surface area (Å²) in [5.74, 6) is 0.865. The number of ether oxygens (including phenoxy) is 1. The van der Waals surface area contributed by atoms with Crippen molar-refractivity contribution in [2.24, 2.45) is 0 Å². The molecular weight excluding hydrogens is 381 g/mol. The van der Waals surface area contributed by atoms with Crippen molar-refractivity contribution in [2.75, 3.05) is 12.4 Å². The average molecular weight is 403 g/mol. The number of anilines is 1. The lowest BCUT2D eigenvalue weighted by atomic mass is 10.2. The minimum absolute atomic E-state index is 0.0998. The Morgan fingerprint density at radius 3 is 2.33 bits per heavy atom. The Morgan fingerprint density at radius 2 is 1.73 bits per heavy atom. The molecule has 0 spiro atoms. The molecule has 0 radical (unpaired) electrons. The molecule has 1 atom stereocenters. The fourth-order valence-corrected chi connectivity index (χ4v) is 2.98. The van der Waals surface area contributed by atoms with Gasteiger partial charge in [-0.3, -0.25) is 4.79 Å². The van der Waals surface area contributed by atoms with Gasteiger partial charge >= 0.3 is 0 Å². The van der Waals surface area contributed by atoms with E-state index in [4.69, 9.17) is 10.00 Å². The van der Waals surface area contributed by atoms with Crippen molar-refractivity contribution >= 4 is 11.6 Å². The maximum absolute atomic E-state index is 13.3. The summed E-state index contributed by atoms with van der Waals surface area (Å²) in [5, 5.41) is 12.0. The zero-order valence-electron chi connectivity index (χ0n) is 16.8. The first kappa shape index (κ1) is 20.9. The van der Waals surface area contributed by atoms with Gasteiger partial charge in [0.1, 0.15) is 23.4 Å². The van der Waals surface area contributed by atoms with Crippen LogP contribution in [-0.2, 0) is 11.3 Å². The molecule has 6 heteroatoms. The van der Waals surface area contributed by atoms with Crippen LogP contribution in [0.25, 0.3) is 0 Å². The average Bonchev–Trinajstić information content (AvgIpc) is 2.75. The molecule has 3 aromatic rings. The number of likely N-dealkylation sites (N-methyl/N-ethyl adjacent to an activating group) is 1. The number of benzene rings is 3. The molecule has 152 valence electrons. The van der Waals surface area contributed by atoms with Crippen molar-refractivity contribution in [3.8, 4) is 17.6 Å². The van der Waals surface area contributed by atoms with E-state index in [1.54, 1.807) is 67.4 Å². The van der Waals surface area contributed by atoms with E-state index in [1.165, 1.54) is 12.1 Å². The molecule has 0 fully saturated rings. The van der Waals surface area contributed by atoms with Crippen molar-refractivity contribution < 1.29 is 13.9 Å². The molecule has 0 aromatic heterocycles. The monoisotopic (exact) mass is 403 g/mol. The molecule has 1 unspecified atom stereocenters. The van der Waals surface area contributed by atoms with Gasteiger partial charge in [-0.15, -0.1) is 0 Å². The summed E-state index contributed by atoms with van der Waals surface area (Å²) >= 11 is 0. The summed E-state index contributed by atoms with van der Waals surface area (Å²) in [4.78, 5) is 14.2. The molecule has 30 heavy (non-hydrogen) atoms. The Labute approximate surface area is 175 Å². The number of carbonyl (C=O) groups is 1. The van der Waals surface area contributed by atoms with Gasteiger partial charge in [-0.05, 0) is 73.2 Å². The molecule has 3 aromatic carbocycles. The maximum Gasteiger partial charge on any atom is 0.244 e. The minimum Gasteiger partial charge on any atom is -0.457 e. The fourth-order valence-electron chi connectivity index (χ4n) is 2.98. The zero-order chi connectivity index (χ0) is 21.5. The standard InChI is InChI=1S/C24H22FN3O2/c1-17(24(29)28(2)16-19-4-3-5-20(25)14-19)27-21-8-12-23(13-9-21)30-22-10-6-18(15-26)7-11-22/h3-14,17,27H,16H2,1-2H3. The summed E-state index contributed by atoms with van der Waals surface area (Å²) in [7, 11) is 1.69. The second-order valence-corrected chi connectivity index (χ2v) is 6.95. The van der Waals surface area contributed by atoms with Crippen LogP contribution < -0.4 is 10.1 Å².